The van der Waals surface area contributed by atoms with Crippen molar-refractivity contribution in [1.82, 2.24) is 24.8 Å². The largest absolute Gasteiger partial charge is 0.497 e. The lowest BCUT2D eigenvalue weighted by atomic mass is 9.94. The molecular formula is C21H25N5O2. The maximum Gasteiger partial charge on any atom is 0.271 e. The molecule has 146 valence electrons. The molecule has 3 heterocycles. The van der Waals surface area contributed by atoms with Crippen LogP contribution in [-0.2, 0) is 13.0 Å². The van der Waals surface area contributed by atoms with Gasteiger partial charge in [0, 0.05) is 24.7 Å². The Morgan fingerprint density at radius 2 is 2.21 bits per heavy atom. The second kappa shape index (κ2) is 7.50. The normalized spacial score (nSPS) is 16.6. The topological polar surface area (TPSA) is 84.8 Å². The summed E-state index contributed by atoms with van der Waals surface area (Å²) in [5.41, 5.74) is 3.36. The summed E-state index contributed by atoms with van der Waals surface area (Å²) in [5.74, 6) is 1.99. The summed E-state index contributed by atoms with van der Waals surface area (Å²) in [6.07, 6.45) is 4.30. The van der Waals surface area contributed by atoms with Crippen molar-refractivity contribution in [3.63, 3.8) is 0 Å². The van der Waals surface area contributed by atoms with Gasteiger partial charge in [0.1, 0.15) is 17.1 Å². The van der Waals surface area contributed by atoms with Crippen LogP contribution in [0.15, 0.2) is 36.8 Å². The lowest BCUT2D eigenvalue weighted by Crippen LogP contribution is -2.26. The summed E-state index contributed by atoms with van der Waals surface area (Å²) in [6, 6.07) is 8.00. The molecule has 7 heteroatoms. The number of imidazole rings is 2. The summed E-state index contributed by atoms with van der Waals surface area (Å²) in [6.45, 7) is 5.73. The van der Waals surface area contributed by atoms with Crippen LogP contribution < -0.4 is 10.1 Å². The molecule has 2 N–H and O–H groups in total. The van der Waals surface area contributed by atoms with E-state index in [9.17, 15) is 4.79 Å². The van der Waals surface area contributed by atoms with Gasteiger partial charge in [-0.1, -0.05) is 26.0 Å². The molecule has 0 spiro atoms. The van der Waals surface area contributed by atoms with Crippen LogP contribution >= 0.6 is 0 Å². The summed E-state index contributed by atoms with van der Waals surface area (Å²) in [4.78, 5) is 24.9. The molecule has 4 rings (SSSR count). The number of aromatic nitrogens is 4. The highest BCUT2D eigenvalue weighted by Gasteiger charge is 2.27. The van der Waals surface area contributed by atoms with Crippen molar-refractivity contribution < 1.29 is 9.53 Å². The Morgan fingerprint density at radius 3 is 3.00 bits per heavy atom. The van der Waals surface area contributed by atoms with Crippen molar-refractivity contribution in [3.05, 3.63) is 53.7 Å². The van der Waals surface area contributed by atoms with E-state index in [0.29, 0.717) is 30.4 Å². The lowest BCUT2D eigenvalue weighted by Gasteiger charge is -2.15. The Hall–Kier alpha value is -3.09. The Kier molecular flexibility index (Phi) is 4.90. The molecule has 0 radical (unpaired) electrons. The fourth-order valence-electron chi connectivity index (χ4n) is 3.67. The third-order valence-corrected chi connectivity index (χ3v) is 5.04. The number of hydrogen-bond donors (Lipinski definition) is 2. The SMILES string of the molecule is COc1cccc(C2CNC(=O)c3nc(-c4cncn4CC(C)C)[nH]c3C2)c1. The molecule has 28 heavy (non-hydrogen) atoms. The first-order chi connectivity index (χ1) is 13.5. The fraction of sp³-hybridized carbons (Fsp3) is 0.381. The maximum absolute atomic E-state index is 12.6. The number of carbonyl (C=O) groups excluding carboxylic acids is 1. The zero-order chi connectivity index (χ0) is 19.7. The third kappa shape index (κ3) is 3.52. The van der Waals surface area contributed by atoms with Crippen molar-refractivity contribution in [2.24, 2.45) is 5.92 Å². The highest BCUT2D eigenvalue weighted by Crippen LogP contribution is 2.28. The number of H-pyrrole nitrogens is 1. The van der Waals surface area contributed by atoms with E-state index >= 15 is 0 Å². The Bertz CT molecular complexity index is 988. The number of methoxy groups -OCH3 is 1. The molecule has 0 aliphatic carbocycles. The highest BCUT2D eigenvalue weighted by atomic mass is 16.5. The van der Waals surface area contributed by atoms with Gasteiger partial charge in [0.2, 0.25) is 0 Å². The summed E-state index contributed by atoms with van der Waals surface area (Å²) in [5, 5.41) is 3.01. The number of benzene rings is 1. The number of aromatic amines is 1. The first-order valence-corrected chi connectivity index (χ1v) is 9.56. The Morgan fingerprint density at radius 1 is 1.36 bits per heavy atom. The van der Waals surface area contributed by atoms with Crippen molar-refractivity contribution in [1.29, 1.82) is 0 Å². The van der Waals surface area contributed by atoms with Crippen LogP contribution in [0, 0.1) is 5.92 Å². The monoisotopic (exact) mass is 379 g/mol. The molecule has 0 fully saturated rings. The minimum absolute atomic E-state index is 0.141. The predicted molar refractivity (Wildman–Crippen MR) is 106 cm³/mol. The van der Waals surface area contributed by atoms with Gasteiger partial charge in [-0.25, -0.2) is 9.97 Å². The highest BCUT2D eigenvalue weighted by molar-refractivity contribution is 5.94. The first kappa shape index (κ1) is 18.3. The molecule has 2 aromatic heterocycles. The van der Waals surface area contributed by atoms with E-state index in [1.54, 1.807) is 13.3 Å². The molecule has 1 aliphatic heterocycles. The molecule has 1 aliphatic rings. The number of carbonyl (C=O) groups is 1. The molecule has 3 aromatic rings. The third-order valence-electron chi connectivity index (χ3n) is 5.04. The quantitative estimate of drug-likeness (QED) is 0.714. The molecule has 0 bridgehead atoms. The van der Waals surface area contributed by atoms with Crippen LogP contribution in [0.1, 0.15) is 41.5 Å². The van der Waals surface area contributed by atoms with Gasteiger partial charge in [0.25, 0.3) is 5.91 Å². The fourth-order valence-corrected chi connectivity index (χ4v) is 3.67. The van der Waals surface area contributed by atoms with Crippen LogP contribution in [0.3, 0.4) is 0 Å². The Labute approximate surface area is 164 Å². The van der Waals surface area contributed by atoms with Gasteiger partial charge < -0.3 is 19.6 Å². The minimum atomic E-state index is -0.141. The van der Waals surface area contributed by atoms with E-state index in [1.165, 1.54) is 0 Å². The van der Waals surface area contributed by atoms with Gasteiger partial charge in [-0.2, -0.15) is 0 Å². The summed E-state index contributed by atoms with van der Waals surface area (Å²) >= 11 is 0. The van der Waals surface area contributed by atoms with E-state index in [2.05, 4.69) is 44.7 Å². The molecule has 0 saturated carbocycles. The van der Waals surface area contributed by atoms with Crippen molar-refractivity contribution in [2.75, 3.05) is 13.7 Å². The number of amides is 1. The van der Waals surface area contributed by atoms with E-state index < -0.39 is 0 Å². The molecule has 1 unspecified atom stereocenters. The smallest absolute Gasteiger partial charge is 0.271 e. The second-order valence-corrected chi connectivity index (χ2v) is 7.63. The van der Waals surface area contributed by atoms with Gasteiger partial charge >= 0.3 is 0 Å². The number of nitrogens with zero attached hydrogens (tertiary/aromatic N) is 3. The van der Waals surface area contributed by atoms with Crippen molar-refractivity contribution in [3.8, 4) is 17.3 Å². The van der Waals surface area contributed by atoms with Crippen LogP contribution in [0.2, 0.25) is 0 Å². The molecule has 1 amide bonds. The average Bonchev–Trinajstić information content (AvgIpc) is 3.27. The zero-order valence-corrected chi connectivity index (χ0v) is 16.4. The van der Waals surface area contributed by atoms with Gasteiger partial charge in [-0.3, -0.25) is 4.79 Å². The van der Waals surface area contributed by atoms with Crippen LogP contribution in [0.4, 0.5) is 0 Å². The van der Waals surface area contributed by atoms with E-state index in [-0.39, 0.29) is 11.8 Å². The van der Waals surface area contributed by atoms with E-state index in [4.69, 9.17) is 4.74 Å². The van der Waals surface area contributed by atoms with Crippen LogP contribution in [0.25, 0.3) is 11.5 Å². The number of rotatable bonds is 5. The maximum atomic E-state index is 12.6. The molecule has 7 nitrogen and oxygen atoms in total. The standard InChI is InChI=1S/C21H25N5O2/c1-13(2)11-26-12-22-10-18(26)20-24-17-8-15(9-23-21(27)19(17)25-20)14-5-4-6-16(7-14)28-3/h4-7,10,12-13,15H,8-9,11H2,1-3H3,(H,23,27)(H,24,25). The van der Waals surface area contributed by atoms with Gasteiger partial charge in [0.05, 0.1) is 19.6 Å². The molecule has 1 atom stereocenters. The molecule has 1 aromatic carbocycles. The summed E-state index contributed by atoms with van der Waals surface area (Å²) < 4.78 is 7.42. The zero-order valence-electron chi connectivity index (χ0n) is 16.4. The minimum Gasteiger partial charge on any atom is -0.497 e. The number of fused-ring (bicyclic) bond motifs is 1. The number of ether oxygens (including phenoxy) is 1. The number of nitrogens with one attached hydrogen (secondary N) is 2. The van der Waals surface area contributed by atoms with Crippen LogP contribution in [-0.4, -0.2) is 39.1 Å². The first-order valence-electron chi connectivity index (χ1n) is 9.56. The molecular weight excluding hydrogens is 354 g/mol. The molecule has 0 saturated heterocycles. The van der Waals surface area contributed by atoms with Crippen LogP contribution in [0.5, 0.6) is 5.75 Å². The van der Waals surface area contributed by atoms with Gasteiger partial charge in [-0.05, 0) is 30.0 Å². The van der Waals surface area contributed by atoms with Gasteiger partial charge in [-0.15, -0.1) is 0 Å². The average molecular weight is 379 g/mol. The van der Waals surface area contributed by atoms with E-state index in [0.717, 1.165) is 29.2 Å². The summed E-state index contributed by atoms with van der Waals surface area (Å²) in [7, 11) is 1.66. The van der Waals surface area contributed by atoms with Crippen molar-refractivity contribution in [2.45, 2.75) is 32.7 Å². The Balaban J connectivity index is 1.67. The lowest BCUT2D eigenvalue weighted by molar-refractivity contribution is 0.0950. The number of hydrogen-bond acceptors (Lipinski definition) is 4. The van der Waals surface area contributed by atoms with E-state index in [1.807, 2.05) is 24.5 Å². The second-order valence-electron chi connectivity index (χ2n) is 7.63. The van der Waals surface area contributed by atoms with Crippen molar-refractivity contribution >= 4 is 5.91 Å². The predicted octanol–water partition coefficient (Wildman–Crippen LogP) is 3.01. The van der Waals surface area contributed by atoms with Gasteiger partial charge in [0.15, 0.2) is 5.82 Å².